The Kier molecular flexibility index (Phi) is 9.71. The van der Waals surface area contributed by atoms with E-state index < -0.39 is 11.6 Å². The molecule has 0 aromatic heterocycles. The molecule has 0 radical (unpaired) electrons. The lowest BCUT2D eigenvalue weighted by atomic mass is 10.0. The molecule has 0 saturated heterocycles. The first-order valence-corrected chi connectivity index (χ1v) is 6.49. The number of halogens is 3. The van der Waals surface area contributed by atoms with Gasteiger partial charge in [0.05, 0.1) is 6.54 Å². The summed E-state index contributed by atoms with van der Waals surface area (Å²) >= 11 is 0. The van der Waals surface area contributed by atoms with Gasteiger partial charge in [-0.3, -0.25) is 4.99 Å². The van der Waals surface area contributed by atoms with E-state index in [0.717, 1.165) is 6.07 Å². The molecule has 116 valence electrons. The summed E-state index contributed by atoms with van der Waals surface area (Å²) in [4.78, 5) is 4.33. The standard InChI is InChI=1S/C15H19F2N3.HI/c1-4-8-19-15(18-5-2)20-10-11(3)13-7-6-12(16)9-14(13)17;/h1,6-7,9,11H,5,8,10H2,2-3H3,(H2,18,19,20);1H. The van der Waals surface area contributed by atoms with Crippen molar-refractivity contribution in [2.75, 3.05) is 19.6 Å². The quantitative estimate of drug-likeness (QED) is 0.341. The van der Waals surface area contributed by atoms with E-state index >= 15 is 0 Å². The van der Waals surface area contributed by atoms with Crippen molar-refractivity contribution in [1.29, 1.82) is 0 Å². The Balaban J connectivity index is 0.00000400. The molecule has 0 bridgehead atoms. The Morgan fingerprint density at radius 2 is 2.10 bits per heavy atom. The van der Waals surface area contributed by atoms with E-state index in [-0.39, 0.29) is 29.9 Å². The van der Waals surface area contributed by atoms with Gasteiger partial charge in [-0.2, -0.15) is 0 Å². The molecule has 0 aliphatic rings. The van der Waals surface area contributed by atoms with Crippen LogP contribution in [-0.2, 0) is 0 Å². The third-order valence-corrected chi connectivity index (χ3v) is 2.72. The fraction of sp³-hybridized carbons (Fsp3) is 0.400. The first kappa shape index (κ1) is 19.6. The summed E-state index contributed by atoms with van der Waals surface area (Å²) in [5.41, 5.74) is 0.447. The third-order valence-electron chi connectivity index (χ3n) is 2.72. The van der Waals surface area contributed by atoms with Gasteiger partial charge in [-0.25, -0.2) is 8.78 Å². The maximum atomic E-state index is 13.6. The highest BCUT2D eigenvalue weighted by Crippen LogP contribution is 2.19. The topological polar surface area (TPSA) is 36.4 Å². The lowest BCUT2D eigenvalue weighted by Crippen LogP contribution is -2.37. The van der Waals surface area contributed by atoms with Crippen LogP contribution in [0.4, 0.5) is 8.78 Å². The molecule has 0 spiro atoms. The molecule has 0 heterocycles. The van der Waals surface area contributed by atoms with Gasteiger partial charge in [-0.05, 0) is 18.6 Å². The van der Waals surface area contributed by atoms with Gasteiger partial charge < -0.3 is 10.6 Å². The van der Waals surface area contributed by atoms with Crippen LogP contribution in [0.1, 0.15) is 25.3 Å². The highest BCUT2D eigenvalue weighted by atomic mass is 127. The predicted octanol–water partition coefficient (Wildman–Crippen LogP) is 2.87. The van der Waals surface area contributed by atoms with Gasteiger partial charge in [0.15, 0.2) is 5.96 Å². The minimum Gasteiger partial charge on any atom is -0.357 e. The van der Waals surface area contributed by atoms with E-state index in [0.29, 0.717) is 31.2 Å². The number of hydrogen-bond donors (Lipinski definition) is 2. The van der Waals surface area contributed by atoms with Crippen molar-refractivity contribution in [1.82, 2.24) is 10.6 Å². The molecule has 1 atom stereocenters. The lowest BCUT2D eigenvalue weighted by molar-refractivity contribution is 0.560. The van der Waals surface area contributed by atoms with E-state index in [2.05, 4.69) is 21.5 Å². The Bertz CT molecular complexity index is 512. The first-order chi connectivity index (χ1) is 9.58. The van der Waals surface area contributed by atoms with Gasteiger partial charge in [0.25, 0.3) is 0 Å². The van der Waals surface area contributed by atoms with Gasteiger partial charge in [0.2, 0.25) is 0 Å². The van der Waals surface area contributed by atoms with Crippen LogP contribution in [0.15, 0.2) is 23.2 Å². The van der Waals surface area contributed by atoms with Crippen molar-refractivity contribution in [3.05, 3.63) is 35.4 Å². The average molecular weight is 407 g/mol. The smallest absolute Gasteiger partial charge is 0.192 e. The highest BCUT2D eigenvalue weighted by Gasteiger charge is 2.11. The molecule has 6 heteroatoms. The van der Waals surface area contributed by atoms with Gasteiger partial charge >= 0.3 is 0 Å². The van der Waals surface area contributed by atoms with Crippen LogP contribution in [0, 0.1) is 24.0 Å². The van der Waals surface area contributed by atoms with Crippen molar-refractivity contribution in [3.63, 3.8) is 0 Å². The number of aliphatic imine (C=N–C) groups is 1. The summed E-state index contributed by atoms with van der Waals surface area (Å²) in [5, 5.41) is 5.99. The summed E-state index contributed by atoms with van der Waals surface area (Å²) in [6.07, 6.45) is 5.17. The Hall–Kier alpha value is -1.36. The van der Waals surface area contributed by atoms with Crippen LogP contribution in [0.5, 0.6) is 0 Å². The molecular weight excluding hydrogens is 387 g/mol. The maximum Gasteiger partial charge on any atom is 0.192 e. The van der Waals surface area contributed by atoms with Gasteiger partial charge in [0, 0.05) is 25.1 Å². The molecule has 0 fully saturated rings. The summed E-state index contributed by atoms with van der Waals surface area (Å²) in [6.45, 7) is 5.23. The largest absolute Gasteiger partial charge is 0.357 e. The van der Waals surface area contributed by atoms with Crippen molar-refractivity contribution < 1.29 is 8.78 Å². The Morgan fingerprint density at radius 3 is 2.67 bits per heavy atom. The van der Waals surface area contributed by atoms with Gasteiger partial charge in [0.1, 0.15) is 11.6 Å². The fourth-order valence-electron chi connectivity index (χ4n) is 1.70. The molecule has 0 amide bonds. The number of nitrogens with one attached hydrogen (secondary N) is 2. The van der Waals surface area contributed by atoms with Crippen molar-refractivity contribution in [2.24, 2.45) is 4.99 Å². The third kappa shape index (κ3) is 6.76. The van der Waals surface area contributed by atoms with E-state index in [4.69, 9.17) is 6.42 Å². The molecule has 21 heavy (non-hydrogen) atoms. The molecule has 1 aromatic carbocycles. The maximum absolute atomic E-state index is 13.6. The molecule has 2 N–H and O–H groups in total. The van der Waals surface area contributed by atoms with Crippen molar-refractivity contribution in [2.45, 2.75) is 19.8 Å². The molecule has 1 aromatic rings. The predicted molar refractivity (Wildman–Crippen MR) is 93.0 cm³/mol. The summed E-state index contributed by atoms with van der Waals surface area (Å²) in [7, 11) is 0. The van der Waals surface area contributed by atoms with E-state index in [1.54, 1.807) is 0 Å². The minimum atomic E-state index is -0.578. The number of nitrogens with zero attached hydrogens (tertiary/aromatic N) is 1. The van der Waals surface area contributed by atoms with Crippen LogP contribution >= 0.6 is 24.0 Å². The summed E-state index contributed by atoms with van der Waals surface area (Å²) in [5.74, 6) is 1.76. The molecule has 0 aliphatic carbocycles. The zero-order chi connectivity index (χ0) is 15.0. The van der Waals surface area contributed by atoms with E-state index in [9.17, 15) is 8.78 Å². The molecule has 0 aliphatic heterocycles. The normalized spacial score (nSPS) is 12.0. The fourth-order valence-corrected chi connectivity index (χ4v) is 1.70. The zero-order valence-corrected chi connectivity index (χ0v) is 14.4. The van der Waals surface area contributed by atoms with Crippen LogP contribution in [0.2, 0.25) is 0 Å². The van der Waals surface area contributed by atoms with Gasteiger partial charge in [-0.1, -0.05) is 18.9 Å². The van der Waals surface area contributed by atoms with Crippen LogP contribution in [0.25, 0.3) is 0 Å². The zero-order valence-electron chi connectivity index (χ0n) is 12.1. The number of guanidine groups is 1. The van der Waals surface area contributed by atoms with Crippen LogP contribution in [0.3, 0.4) is 0 Å². The Labute approximate surface area is 141 Å². The first-order valence-electron chi connectivity index (χ1n) is 6.49. The SMILES string of the molecule is C#CCNC(=NCC(C)c1ccc(F)cc1F)NCC.I. The van der Waals surface area contributed by atoms with Crippen molar-refractivity contribution in [3.8, 4) is 12.3 Å². The molecule has 0 saturated carbocycles. The number of rotatable bonds is 5. The second-order valence-electron chi connectivity index (χ2n) is 4.34. The highest BCUT2D eigenvalue weighted by molar-refractivity contribution is 14.0. The van der Waals surface area contributed by atoms with E-state index in [1.807, 2.05) is 13.8 Å². The molecule has 3 nitrogen and oxygen atoms in total. The van der Waals surface area contributed by atoms with E-state index in [1.165, 1.54) is 12.1 Å². The lowest BCUT2D eigenvalue weighted by Gasteiger charge is -2.13. The second kappa shape index (κ2) is 10.4. The number of benzene rings is 1. The second-order valence-corrected chi connectivity index (χ2v) is 4.34. The number of terminal acetylenes is 1. The average Bonchev–Trinajstić information content (AvgIpc) is 2.41. The monoisotopic (exact) mass is 407 g/mol. The summed E-state index contributed by atoms with van der Waals surface area (Å²) < 4.78 is 26.5. The summed E-state index contributed by atoms with van der Waals surface area (Å²) in [6, 6.07) is 3.59. The Morgan fingerprint density at radius 1 is 1.38 bits per heavy atom. The number of hydrogen-bond acceptors (Lipinski definition) is 1. The molecule has 1 unspecified atom stereocenters. The molecular formula is C15H20F2IN3. The minimum absolute atomic E-state index is 0. The van der Waals surface area contributed by atoms with Crippen molar-refractivity contribution >= 4 is 29.9 Å². The van der Waals surface area contributed by atoms with Crippen LogP contribution < -0.4 is 10.6 Å². The van der Waals surface area contributed by atoms with Gasteiger partial charge in [-0.15, -0.1) is 30.4 Å². The molecule has 1 rings (SSSR count). The van der Waals surface area contributed by atoms with Crippen LogP contribution in [-0.4, -0.2) is 25.6 Å².